The van der Waals surface area contributed by atoms with Crippen LogP contribution in [0.4, 0.5) is 0 Å². The van der Waals surface area contributed by atoms with Crippen LogP contribution in [0.15, 0.2) is 42.5 Å². The van der Waals surface area contributed by atoms with Crippen molar-refractivity contribution in [2.24, 2.45) is 0 Å². The van der Waals surface area contributed by atoms with E-state index < -0.39 is 0 Å². The third kappa shape index (κ3) is 4.42. The molecular formula is C19H19N3O2S. The first-order chi connectivity index (χ1) is 12.0. The Labute approximate surface area is 150 Å². The molecular weight excluding hydrogens is 334 g/mol. The lowest BCUT2D eigenvalue weighted by Crippen LogP contribution is -2.36. The molecule has 0 aliphatic heterocycles. The molecule has 2 amide bonds. The Kier molecular flexibility index (Phi) is 5.09. The molecule has 3 aromatic rings. The number of carbonyl (C=O) groups excluding carboxylic acids is 2. The molecule has 0 atom stereocenters. The summed E-state index contributed by atoms with van der Waals surface area (Å²) < 4.78 is 1.09. The molecule has 0 bridgehead atoms. The van der Waals surface area contributed by atoms with Crippen LogP contribution in [0, 0.1) is 13.8 Å². The molecule has 1 heterocycles. The molecule has 5 nitrogen and oxygen atoms in total. The SMILES string of the molecule is Cc1cc(C)cc(C(=O)NCC(=O)NCc2nc3ccccc3s2)c1. The number of fused-ring (bicyclic) bond motifs is 1. The Morgan fingerprint density at radius 3 is 2.48 bits per heavy atom. The fraction of sp³-hybridized carbons (Fsp3) is 0.211. The summed E-state index contributed by atoms with van der Waals surface area (Å²) in [7, 11) is 0. The van der Waals surface area contributed by atoms with Crippen LogP contribution >= 0.6 is 11.3 Å². The second kappa shape index (κ2) is 7.44. The lowest BCUT2D eigenvalue weighted by atomic mass is 10.1. The predicted molar refractivity (Wildman–Crippen MR) is 99.7 cm³/mol. The molecule has 6 heteroatoms. The van der Waals surface area contributed by atoms with Gasteiger partial charge < -0.3 is 10.6 Å². The van der Waals surface area contributed by atoms with Gasteiger partial charge in [0.15, 0.2) is 0 Å². The summed E-state index contributed by atoms with van der Waals surface area (Å²) in [5.41, 5.74) is 3.53. The smallest absolute Gasteiger partial charge is 0.251 e. The molecule has 2 N–H and O–H groups in total. The third-order valence-corrected chi connectivity index (χ3v) is 4.70. The average molecular weight is 353 g/mol. The summed E-state index contributed by atoms with van der Waals surface area (Å²) in [6, 6.07) is 13.5. The summed E-state index contributed by atoms with van der Waals surface area (Å²) in [4.78, 5) is 28.6. The Morgan fingerprint density at radius 2 is 1.76 bits per heavy atom. The average Bonchev–Trinajstić information content (AvgIpc) is 3.00. The van der Waals surface area contributed by atoms with Gasteiger partial charge in [-0.1, -0.05) is 29.3 Å². The normalized spacial score (nSPS) is 10.6. The molecule has 2 aromatic carbocycles. The lowest BCUT2D eigenvalue weighted by Gasteiger charge is -2.07. The Hall–Kier alpha value is -2.73. The van der Waals surface area contributed by atoms with E-state index in [0.29, 0.717) is 12.1 Å². The summed E-state index contributed by atoms with van der Waals surface area (Å²) in [5, 5.41) is 6.27. The highest BCUT2D eigenvalue weighted by Crippen LogP contribution is 2.21. The van der Waals surface area contributed by atoms with Crippen molar-refractivity contribution < 1.29 is 9.59 Å². The summed E-state index contributed by atoms with van der Waals surface area (Å²) in [6.45, 7) is 4.18. The Morgan fingerprint density at radius 1 is 1.04 bits per heavy atom. The second-order valence-corrected chi connectivity index (χ2v) is 7.03. The minimum atomic E-state index is -0.248. The van der Waals surface area contributed by atoms with E-state index in [0.717, 1.165) is 26.4 Å². The predicted octanol–water partition coefficient (Wildman–Crippen LogP) is 2.96. The van der Waals surface area contributed by atoms with Crippen molar-refractivity contribution in [1.82, 2.24) is 15.6 Å². The van der Waals surface area contributed by atoms with E-state index in [1.54, 1.807) is 23.5 Å². The summed E-state index contributed by atoms with van der Waals surface area (Å²) in [6.07, 6.45) is 0. The maximum atomic E-state index is 12.1. The van der Waals surface area contributed by atoms with Crippen LogP contribution in [0.3, 0.4) is 0 Å². The van der Waals surface area contributed by atoms with Crippen molar-refractivity contribution >= 4 is 33.4 Å². The van der Waals surface area contributed by atoms with Gasteiger partial charge in [0, 0.05) is 5.56 Å². The van der Waals surface area contributed by atoms with Crippen LogP contribution in [0.1, 0.15) is 26.5 Å². The molecule has 1 aromatic heterocycles. The van der Waals surface area contributed by atoms with Gasteiger partial charge in [-0.2, -0.15) is 0 Å². The molecule has 0 aliphatic carbocycles. The van der Waals surface area contributed by atoms with Gasteiger partial charge in [0.1, 0.15) is 5.01 Å². The topological polar surface area (TPSA) is 71.1 Å². The van der Waals surface area contributed by atoms with Crippen LogP contribution < -0.4 is 10.6 Å². The van der Waals surface area contributed by atoms with Crippen molar-refractivity contribution in [3.63, 3.8) is 0 Å². The van der Waals surface area contributed by atoms with Gasteiger partial charge in [-0.25, -0.2) is 4.98 Å². The number of thiazole rings is 1. The number of benzene rings is 2. The van der Waals surface area contributed by atoms with Crippen LogP contribution in [-0.4, -0.2) is 23.3 Å². The maximum absolute atomic E-state index is 12.1. The number of hydrogen-bond donors (Lipinski definition) is 2. The number of amides is 2. The number of aryl methyl sites for hydroxylation is 2. The Bertz CT molecular complexity index is 880. The van der Waals surface area contributed by atoms with E-state index >= 15 is 0 Å². The number of aromatic nitrogens is 1. The fourth-order valence-corrected chi connectivity index (χ4v) is 3.51. The molecule has 0 unspecified atom stereocenters. The van der Waals surface area contributed by atoms with E-state index in [9.17, 15) is 9.59 Å². The first-order valence-electron chi connectivity index (χ1n) is 7.99. The number of hydrogen-bond acceptors (Lipinski definition) is 4. The first kappa shape index (κ1) is 17.1. The third-order valence-electron chi connectivity index (χ3n) is 3.67. The van der Waals surface area contributed by atoms with Gasteiger partial charge in [0.05, 0.1) is 23.3 Å². The van der Waals surface area contributed by atoms with Gasteiger partial charge in [0.2, 0.25) is 5.91 Å². The number of rotatable bonds is 5. The molecule has 0 saturated carbocycles. The highest BCUT2D eigenvalue weighted by atomic mass is 32.1. The molecule has 0 spiro atoms. The standard InChI is InChI=1S/C19H19N3O2S/c1-12-7-13(2)9-14(8-12)19(24)21-10-17(23)20-11-18-22-15-5-3-4-6-16(15)25-18/h3-9H,10-11H2,1-2H3,(H,20,23)(H,21,24). The number of carbonyl (C=O) groups is 2. The summed E-state index contributed by atoms with van der Waals surface area (Å²) >= 11 is 1.55. The highest BCUT2D eigenvalue weighted by molar-refractivity contribution is 7.18. The molecule has 3 rings (SSSR count). The number of para-hydroxylation sites is 1. The quantitative estimate of drug-likeness (QED) is 0.741. The van der Waals surface area contributed by atoms with Gasteiger partial charge >= 0.3 is 0 Å². The molecule has 0 fully saturated rings. The lowest BCUT2D eigenvalue weighted by molar-refractivity contribution is -0.120. The number of nitrogens with one attached hydrogen (secondary N) is 2. The molecule has 25 heavy (non-hydrogen) atoms. The van der Waals surface area contributed by atoms with Gasteiger partial charge in [0.25, 0.3) is 5.91 Å². The minimum Gasteiger partial charge on any atom is -0.348 e. The largest absolute Gasteiger partial charge is 0.348 e. The zero-order valence-corrected chi connectivity index (χ0v) is 14.9. The van der Waals surface area contributed by atoms with Crippen molar-refractivity contribution in [3.8, 4) is 0 Å². The van der Waals surface area contributed by atoms with E-state index in [-0.39, 0.29) is 18.4 Å². The van der Waals surface area contributed by atoms with E-state index in [1.807, 2.05) is 44.2 Å². The molecule has 128 valence electrons. The first-order valence-corrected chi connectivity index (χ1v) is 8.80. The van der Waals surface area contributed by atoms with Crippen LogP contribution in [-0.2, 0) is 11.3 Å². The van der Waals surface area contributed by atoms with Gasteiger partial charge in [-0.05, 0) is 38.1 Å². The van der Waals surface area contributed by atoms with Crippen molar-refractivity contribution in [2.45, 2.75) is 20.4 Å². The van der Waals surface area contributed by atoms with Gasteiger partial charge in [-0.15, -0.1) is 11.3 Å². The fourth-order valence-electron chi connectivity index (χ4n) is 2.60. The monoisotopic (exact) mass is 353 g/mol. The maximum Gasteiger partial charge on any atom is 0.251 e. The van der Waals surface area contributed by atoms with Crippen molar-refractivity contribution in [2.75, 3.05) is 6.54 Å². The molecule has 0 radical (unpaired) electrons. The Balaban J connectivity index is 1.51. The van der Waals surface area contributed by atoms with Crippen LogP contribution in [0.5, 0.6) is 0 Å². The highest BCUT2D eigenvalue weighted by Gasteiger charge is 2.10. The van der Waals surface area contributed by atoms with E-state index in [2.05, 4.69) is 15.6 Å². The van der Waals surface area contributed by atoms with Gasteiger partial charge in [-0.3, -0.25) is 9.59 Å². The zero-order valence-electron chi connectivity index (χ0n) is 14.1. The second-order valence-electron chi connectivity index (χ2n) is 5.91. The van der Waals surface area contributed by atoms with E-state index in [4.69, 9.17) is 0 Å². The van der Waals surface area contributed by atoms with Crippen LogP contribution in [0.25, 0.3) is 10.2 Å². The van der Waals surface area contributed by atoms with Crippen molar-refractivity contribution in [3.05, 3.63) is 64.2 Å². The number of nitrogens with zero attached hydrogens (tertiary/aromatic N) is 1. The minimum absolute atomic E-state index is 0.0588. The summed E-state index contributed by atoms with van der Waals surface area (Å²) in [5.74, 6) is -0.487. The zero-order chi connectivity index (χ0) is 17.8. The van der Waals surface area contributed by atoms with Crippen LogP contribution in [0.2, 0.25) is 0 Å². The van der Waals surface area contributed by atoms with E-state index in [1.165, 1.54) is 0 Å². The van der Waals surface area contributed by atoms with Crippen molar-refractivity contribution in [1.29, 1.82) is 0 Å². The molecule has 0 saturated heterocycles. The molecule has 0 aliphatic rings.